The molecule has 2 amide bonds. The van der Waals surface area contributed by atoms with E-state index < -0.39 is 17.6 Å². The highest BCUT2D eigenvalue weighted by Crippen LogP contribution is 2.33. The van der Waals surface area contributed by atoms with Crippen molar-refractivity contribution in [2.45, 2.75) is 58.1 Å². The SMILES string of the molecule is CC(C)(C)OC(=O)N[C@H]1CCN(c2nc(C(=O)Nc3cc4oc(N5CCOCC5)nc4nc3N3CCCCC3)co2)C1. The summed E-state index contributed by atoms with van der Waals surface area (Å²) in [5, 5.41) is 5.87. The molecule has 42 heavy (non-hydrogen) atoms. The van der Waals surface area contributed by atoms with E-state index in [-0.39, 0.29) is 11.7 Å². The van der Waals surface area contributed by atoms with E-state index in [4.69, 9.17) is 23.3 Å². The van der Waals surface area contributed by atoms with Crippen LogP contribution < -0.4 is 25.3 Å². The molecule has 2 N–H and O–H groups in total. The first-order valence-corrected chi connectivity index (χ1v) is 14.6. The Bertz CT molecular complexity index is 1420. The first-order chi connectivity index (χ1) is 20.2. The lowest BCUT2D eigenvalue weighted by atomic mass is 10.1. The summed E-state index contributed by atoms with van der Waals surface area (Å²) in [5.74, 6) is 0.247. The Balaban J connectivity index is 1.17. The Labute approximate surface area is 243 Å². The third-order valence-corrected chi connectivity index (χ3v) is 7.44. The van der Waals surface area contributed by atoms with Crippen LogP contribution in [0.1, 0.15) is 56.9 Å². The number of ether oxygens (including phenoxy) is 2. The monoisotopic (exact) mass is 582 g/mol. The zero-order valence-corrected chi connectivity index (χ0v) is 24.4. The number of rotatable bonds is 6. The van der Waals surface area contributed by atoms with E-state index in [1.54, 1.807) is 6.07 Å². The maximum atomic E-state index is 13.4. The summed E-state index contributed by atoms with van der Waals surface area (Å²) >= 11 is 0. The van der Waals surface area contributed by atoms with Crippen LogP contribution >= 0.6 is 0 Å². The van der Waals surface area contributed by atoms with Gasteiger partial charge in [0.25, 0.3) is 17.9 Å². The van der Waals surface area contributed by atoms with Crippen LogP contribution in [0, 0.1) is 0 Å². The van der Waals surface area contributed by atoms with Crippen molar-refractivity contribution in [1.82, 2.24) is 20.3 Å². The molecule has 0 saturated carbocycles. The molecule has 3 aliphatic rings. The van der Waals surface area contributed by atoms with E-state index in [9.17, 15) is 9.59 Å². The minimum atomic E-state index is -0.570. The lowest BCUT2D eigenvalue weighted by molar-refractivity contribution is 0.0508. The Morgan fingerprint density at radius 1 is 0.952 bits per heavy atom. The number of anilines is 4. The molecule has 14 heteroatoms. The predicted molar refractivity (Wildman–Crippen MR) is 155 cm³/mol. The number of morpholine rings is 1. The van der Waals surface area contributed by atoms with Gasteiger partial charge in [0.15, 0.2) is 17.1 Å². The molecule has 1 atom stereocenters. The molecule has 0 bridgehead atoms. The molecular formula is C28H38N8O6. The van der Waals surface area contributed by atoms with Crippen molar-refractivity contribution in [1.29, 1.82) is 0 Å². The number of alkyl carbamates (subject to hydrolysis) is 1. The van der Waals surface area contributed by atoms with Gasteiger partial charge >= 0.3 is 6.09 Å². The van der Waals surface area contributed by atoms with Crippen molar-refractivity contribution in [3.05, 3.63) is 18.0 Å². The number of nitrogens with one attached hydrogen (secondary N) is 2. The van der Waals surface area contributed by atoms with Crippen LogP contribution in [0.5, 0.6) is 0 Å². The maximum Gasteiger partial charge on any atom is 0.407 e. The van der Waals surface area contributed by atoms with Gasteiger partial charge in [0.05, 0.1) is 24.9 Å². The highest BCUT2D eigenvalue weighted by atomic mass is 16.6. The normalized spacial score (nSPS) is 19.8. The van der Waals surface area contributed by atoms with Crippen LogP contribution in [0.25, 0.3) is 11.2 Å². The Hall–Kier alpha value is -4.07. The largest absolute Gasteiger partial charge is 0.444 e. The van der Waals surface area contributed by atoms with Crippen LogP contribution in [-0.4, -0.2) is 91.1 Å². The molecular weight excluding hydrogens is 544 g/mol. The molecule has 0 aliphatic carbocycles. The van der Waals surface area contributed by atoms with Gasteiger partial charge in [-0.2, -0.15) is 9.97 Å². The number of carbonyl (C=O) groups excluding carboxylic acids is 2. The lowest BCUT2D eigenvalue weighted by Gasteiger charge is -2.29. The smallest absolute Gasteiger partial charge is 0.407 e. The molecule has 6 rings (SSSR count). The van der Waals surface area contributed by atoms with Gasteiger partial charge in [-0.25, -0.2) is 9.78 Å². The number of aromatic nitrogens is 3. The fourth-order valence-electron chi connectivity index (χ4n) is 5.40. The summed E-state index contributed by atoms with van der Waals surface area (Å²) in [4.78, 5) is 45.6. The van der Waals surface area contributed by atoms with E-state index in [1.807, 2.05) is 30.6 Å². The van der Waals surface area contributed by atoms with Crippen molar-refractivity contribution < 1.29 is 27.9 Å². The minimum Gasteiger partial charge on any atom is -0.444 e. The fraction of sp³-hybridized carbons (Fsp3) is 0.607. The molecule has 226 valence electrons. The predicted octanol–water partition coefficient (Wildman–Crippen LogP) is 3.39. The number of fused-ring (bicyclic) bond motifs is 1. The van der Waals surface area contributed by atoms with Gasteiger partial charge in [-0.1, -0.05) is 0 Å². The van der Waals surface area contributed by atoms with Crippen molar-refractivity contribution in [3.8, 4) is 0 Å². The van der Waals surface area contributed by atoms with Crippen molar-refractivity contribution in [3.63, 3.8) is 0 Å². The molecule has 0 radical (unpaired) electrons. The zero-order chi connectivity index (χ0) is 29.3. The van der Waals surface area contributed by atoms with Crippen molar-refractivity contribution in [2.75, 3.05) is 72.5 Å². The molecule has 0 unspecified atom stereocenters. The van der Waals surface area contributed by atoms with Gasteiger partial charge in [0, 0.05) is 45.3 Å². The van der Waals surface area contributed by atoms with Crippen LogP contribution in [0.15, 0.2) is 21.2 Å². The van der Waals surface area contributed by atoms with Gasteiger partial charge in [0.2, 0.25) is 5.65 Å². The maximum absolute atomic E-state index is 13.4. The summed E-state index contributed by atoms with van der Waals surface area (Å²) in [6, 6.07) is 2.50. The van der Waals surface area contributed by atoms with Crippen LogP contribution in [0.4, 0.5) is 28.3 Å². The molecule has 0 spiro atoms. The molecule has 3 fully saturated rings. The second-order valence-corrected chi connectivity index (χ2v) is 11.9. The van der Waals surface area contributed by atoms with Gasteiger partial charge in [-0.3, -0.25) is 4.79 Å². The lowest BCUT2D eigenvalue weighted by Crippen LogP contribution is -2.40. The van der Waals surface area contributed by atoms with E-state index in [2.05, 4.69) is 25.5 Å². The highest BCUT2D eigenvalue weighted by Gasteiger charge is 2.30. The molecule has 6 heterocycles. The minimum absolute atomic E-state index is 0.113. The Morgan fingerprint density at radius 2 is 1.74 bits per heavy atom. The third-order valence-electron chi connectivity index (χ3n) is 7.44. The topological polar surface area (TPSA) is 151 Å². The van der Waals surface area contributed by atoms with E-state index in [0.29, 0.717) is 80.6 Å². The molecule has 3 saturated heterocycles. The second kappa shape index (κ2) is 11.7. The molecule has 0 aromatic carbocycles. The number of nitrogens with zero attached hydrogens (tertiary/aromatic N) is 6. The first kappa shape index (κ1) is 28.1. The van der Waals surface area contributed by atoms with E-state index in [1.165, 1.54) is 6.26 Å². The first-order valence-electron chi connectivity index (χ1n) is 14.6. The van der Waals surface area contributed by atoms with Crippen LogP contribution in [0.2, 0.25) is 0 Å². The molecule has 14 nitrogen and oxygen atoms in total. The average molecular weight is 583 g/mol. The van der Waals surface area contributed by atoms with Gasteiger partial charge in [-0.05, 0) is 46.5 Å². The van der Waals surface area contributed by atoms with E-state index >= 15 is 0 Å². The van der Waals surface area contributed by atoms with Crippen LogP contribution in [-0.2, 0) is 9.47 Å². The molecule has 3 aromatic heterocycles. The number of piperidine rings is 1. The summed E-state index contributed by atoms with van der Waals surface area (Å²) < 4.78 is 22.5. The standard InChI is InChI=1S/C28H38N8O6/c1-28(2,3)42-27(38)29-18-7-10-36(16-18)25-31-20(17-40-25)24(37)30-19-15-21-22(32-23(19)34-8-5-4-6-9-34)33-26(41-21)35-11-13-39-14-12-35/h15,17-18H,4-14,16H2,1-3H3,(H,29,38)(H,30,37)/t18-/m0/s1. The Kier molecular flexibility index (Phi) is 7.80. The van der Waals surface area contributed by atoms with Gasteiger partial charge in [0.1, 0.15) is 11.9 Å². The third kappa shape index (κ3) is 6.37. The summed E-state index contributed by atoms with van der Waals surface area (Å²) in [6.07, 6.45) is 4.86. The number of oxazole rings is 2. The fourth-order valence-corrected chi connectivity index (χ4v) is 5.40. The number of hydrogen-bond acceptors (Lipinski definition) is 12. The number of pyridine rings is 1. The van der Waals surface area contributed by atoms with Gasteiger partial charge < -0.3 is 43.6 Å². The molecule has 3 aliphatic heterocycles. The second-order valence-electron chi connectivity index (χ2n) is 11.9. The highest BCUT2D eigenvalue weighted by molar-refractivity contribution is 6.05. The number of hydrogen-bond donors (Lipinski definition) is 2. The number of amides is 2. The van der Waals surface area contributed by atoms with Crippen molar-refractivity contribution in [2.24, 2.45) is 0 Å². The van der Waals surface area contributed by atoms with Crippen molar-refractivity contribution >= 4 is 46.8 Å². The average Bonchev–Trinajstić information content (AvgIpc) is 3.72. The summed E-state index contributed by atoms with van der Waals surface area (Å²) in [5.41, 5.74) is 1.10. The number of carbonyl (C=O) groups is 2. The van der Waals surface area contributed by atoms with Gasteiger partial charge in [-0.15, -0.1) is 0 Å². The van der Waals surface area contributed by atoms with Crippen LogP contribution in [0.3, 0.4) is 0 Å². The molecule has 3 aromatic rings. The van der Waals surface area contributed by atoms with E-state index in [0.717, 1.165) is 32.4 Å². The quantitative estimate of drug-likeness (QED) is 0.438. The Morgan fingerprint density at radius 3 is 2.50 bits per heavy atom. The summed E-state index contributed by atoms with van der Waals surface area (Å²) in [6.45, 7) is 10.9. The summed E-state index contributed by atoms with van der Waals surface area (Å²) in [7, 11) is 0. The zero-order valence-electron chi connectivity index (χ0n) is 24.4.